The van der Waals surface area contributed by atoms with Gasteiger partial charge in [-0.05, 0) is 16.3 Å². The molecule has 0 atom stereocenters. The third kappa shape index (κ3) is 2.02. The van der Waals surface area contributed by atoms with E-state index in [0.29, 0.717) is 6.42 Å². The summed E-state index contributed by atoms with van der Waals surface area (Å²) in [5, 5.41) is 2.42. The highest BCUT2D eigenvalue weighted by Gasteiger charge is 2.02. The molecule has 0 saturated carbocycles. The summed E-state index contributed by atoms with van der Waals surface area (Å²) in [5.41, 5.74) is 1.86. The highest BCUT2D eigenvalue weighted by atomic mass is 16.1. The van der Waals surface area contributed by atoms with Crippen LogP contribution in [0.25, 0.3) is 10.8 Å². The fraction of sp³-hybridized carbons (Fsp3) is 0.0667. The van der Waals surface area contributed by atoms with E-state index in [1.54, 1.807) is 6.07 Å². The third-order valence-electron chi connectivity index (χ3n) is 2.99. The lowest BCUT2D eigenvalue weighted by atomic mass is 10.0. The summed E-state index contributed by atoms with van der Waals surface area (Å²) in [6.45, 7) is 0. The molecule has 1 N–H and O–H groups in total. The first-order valence-corrected chi connectivity index (χ1v) is 5.83. The Morgan fingerprint density at radius 3 is 2.78 bits per heavy atom. The molecule has 0 amide bonds. The Kier molecular flexibility index (Phi) is 2.65. The predicted molar refractivity (Wildman–Crippen MR) is 71.6 cm³/mol. The van der Waals surface area contributed by atoms with Crippen LogP contribution in [0.2, 0.25) is 0 Å². The van der Waals surface area contributed by atoms with Crippen molar-refractivity contribution in [1.82, 2.24) is 9.97 Å². The number of hydrogen-bond donors (Lipinski definition) is 1. The molecule has 0 fully saturated rings. The van der Waals surface area contributed by atoms with E-state index in [1.165, 1.54) is 22.7 Å². The minimum Gasteiger partial charge on any atom is -0.313 e. The number of nitrogens with one attached hydrogen (secondary N) is 1. The van der Waals surface area contributed by atoms with E-state index in [4.69, 9.17) is 0 Å². The maximum atomic E-state index is 11.2. The summed E-state index contributed by atoms with van der Waals surface area (Å²) in [4.78, 5) is 18.0. The summed E-state index contributed by atoms with van der Waals surface area (Å²) in [6, 6.07) is 16.0. The summed E-state index contributed by atoms with van der Waals surface area (Å²) in [6.07, 6.45) is 2.12. The van der Waals surface area contributed by atoms with Gasteiger partial charge in [0.25, 0.3) is 5.56 Å². The Morgan fingerprint density at radius 1 is 1.06 bits per heavy atom. The summed E-state index contributed by atoms with van der Waals surface area (Å²) >= 11 is 0. The van der Waals surface area contributed by atoms with Crippen LogP contribution < -0.4 is 5.56 Å². The largest absolute Gasteiger partial charge is 0.313 e. The number of hydrogen-bond acceptors (Lipinski definition) is 2. The predicted octanol–water partition coefficient (Wildman–Crippen LogP) is 2.51. The SMILES string of the molecule is O=c1cc(Cc2cccc3ccccc23)nc[nH]1. The first-order valence-electron chi connectivity index (χ1n) is 5.83. The zero-order valence-electron chi connectivity index (χ0n) is 9.76. The van der Waals surface area contributed by atoms with E-state index in [1.807, 2.05) is 18.2 Å². The van der Waals surface area contributed by atoms with Crippen molar-refractivity contribution in [2.24, 2.45) is 0 Å². The number of aromatic amines is 1. The van der Waals surface area contributed by atoms with Gasteiger partial charge >= 0.3 is 0 Å². The zero-order chi connectivity index (χ0) is 12.4. The monoisotopic (exact) mass is 236 g/mol. The van der Waals surface area contributed by atoms with Gasteiger partial charge in [0.05, 0.1) is 12.0 Å². The first kappa shape index (κ1) is 10.7. The fourth-order valence-electron chi connectivity index (χ4n) is 2.15. The first-order chi connectivity index (χ1) is 8.83. The normalized spacial score (nSPS) is 10.7. The molecule has 0 radical (unpaired) electrons. The average molecular weight is 236 g/mol. The highest BCUT2D eigenvalue weighted by Crippen LogP contribution is 2.20. The Hall–Kier alpha value is -2.42. The molecule has 0 spiro atoms. The van der Waals surface area contributed by atoms with Gasteiger partial charge in [-0.3, -0.25) is 4.79 Å². The van der Waals surface area contributed by atoms with Gasteiger partial charge in [-0.25, -0.2) is 4.98 Å². The van der Waals surface area contributed by atoms with Gasteiger partial charge in [-0.2, -0.15) is 0 Å². The van der Waals surface area contributed by atoms with Crippen LogP contribution in [0.3, 0.4) is 0 Å². The quantitative estimate of drug-likeness (QED) is 0.743. The van der Waals surface area contributed by atoms with Gasteiger partial charge in [0.1, 0.15) is 0 Å². The Labute approximate surface area is 104 Å². The molecule has 3 aromatic rings. The van der Waals surface area contributed by atoms with Gasteiger partial charge < -0.3 is 4.98 Å². The molecule has 0 saturated heterocycles. The van der Waals surface area contributed by atoms with Gasteiger partial charge in [-0.1, -0.05) is 42.5 Å². The number of fused-ring (bicyclic) bond motifs is 1. The van der Waals surface area contributed by atoms with Crippen LogP contribution in [0.15, 0.2) is 59.7 Å². The van der Waals surface area contributed by atoms with Crippen LogP contribution in [-0.2, 0) is 6.42 Å². The van der Waals surface area contributed by atoms with Crippen molar-refractivity contribution in [2.45, 2.75) is 6.42 Å². The second-order valence-corrected chi connectivity index (χ2v) is 4.22. The number of nitrogens with zero attached hydrogens (tertiary/aromatic N) is 1. The molecular formula is C15H12N2O. The van der Waals surface area contributed by atoms with Crippen LogP contribution in [0.4, 0.5) is 0 Å². The molecule has 0 aliphatic rings. The molecule has 0 aliphatic heterocycles. The van der Waals surface area contributed by atoms with Crippen LogP contribution >= 0.6 is 0 Å². The Bertz CT molecular complexity index is 741. The van der Waals surface area contributed by atoms with Crippen LogP contribution in [0, 0.1) is 0 Å². The number of benzene rings is 2. The molecule has 0 aliphatic carbocycles. The molecular weight excluding hydrogens is 224 g/mol. The topological polar surface area (TPSA) is 45.8 Å². The van der Waals surface area contributed by atoms with Crippen molar-refractivity contribution in [3.05, 3.63) is 76.5 Å². The maximum absolute atomic E-state index is 11.2. The average Bonchev–Trinajstić information content (AvgIpc) is 2.39. The van der Waals surface area contributed by atoms with Gasteiger partial charge in [0.2, 0.25) is 0 Å². The molecule has 3 nitrogen and oxygen atoms in total. The van der Waals surface area contributed by atoms with Crippen molar-refractivity contribution >= 4 is 10.8 Å². The number of rotatable bonds is 2. The van der Waals surface area contributed by atoms with Crippen molar-refractivity contribution in [1.29, 1.82) is 0 Å². The molecule has 0 bridgehead atoms. The zero-order valence-corrected chi connectivity index (χ0v) is 9.76. The number of aromatic nitrogens is 2. The molecule has 88 valence electrons. The van der Waals surface area contributed by atoms with E-state index in [9.17, 15) is 4.79 Å². The lowest BCUT2D eigenvalue weighted by Crippen LogP contribution is -2.07. The van der Waals surface area contributed by atoms with Gasteiger partial charge in [-0.15, -0.1) is 0 Å². The van der Waals surface area contributed by atoms with Crippen LogP contribution in [0.1, 0.15) is 11.3 Å². The molecule has 18 heavy (non-hydrogen) atoms. The second kappa shape index (κ2) is 4.45. The van der Waals surface area contributed by atoms with Gasteiger partial charge in [0, 0.05) is 12.5 Å². The van der Waals surface area contributed by atoms with Gasteiger partial charge in [0.15, 0.2) is 0 Å². The van der Waals surface area contributed by atoms with Crippen LogP contribution in [-0.4, -0.2) is 9.97 Å². The number of H-pyrrole nitrogens is 1. The molecule has 1 aromatic heterocycles. The second-order valence-electron chi connectivity index (χ2n) is 4.22. The van der Waals surface area contributed by atoms with Crippen molar-refractivity contribution < 1.29 is 0 Å². The minimum absolute atomic E-state index is 0.111. The summed E-state index contributed by atoms with van der Waals surface area (Å²) in [5.74, 6) is 0. The van der Waals surface area contributed by atoms with Crippen molar-refractivity contribution in [3.8, 4) is 0 Å². The maximum Gasteiger partial charge on any atom is 0.250 e. The van der Waals surface area contributed by atoms with E-state index in [-0.39, 0.29) is 5.56 Å². The molecule has 1 heterocycles. The van der Waals surface area contributed by atoms with Crippen LogP contribution in [0.5, 0.6) is 0 Å². The molecule has 3 rings (SSSR count). The van der Waals surface area contributed by atoms with E-state index < -0.39 is 0 Å². The molecule has 0 unspecified atom stereocenters. The Morgan fingerprint density at radius 2 is 1.89 bits per heavy atom. The van der Waals surface area contributed by atoms with E-state index in [2.05, 4.69) is 34.2 Å². The molecule has 3 heteroatoms. The Balaban J connectivity index is 2.07. The fourth-order valence-corrected chi connectivity index (χ4v) is 2.15. The van der Waals surface area contributed by atoms with Crippen molar-refractivity contribution in [2.75, 3.05) is 0 Å². The summed E-state index contributed by atoms with van der Waals surface area (Å²) < 4.78 is 0. The smallest absolute Gasteiger partial charge is 0.250 e. The lowest BCUT2D eigenvalue weighted by Gasteiger charge is -2.05. The molecule has 2 aromatic carbocycles. The highest BCUT2D eigenvalue weighted by molar-refractivity contribution is 5.85. The minimum atomic E-state index is -0.111. The third-order valence-corrected chi connectivity index (χ3v) is 2.99. The standard InChI is InChI=1S/C15H12N2O/c18-15-9-13(16-10-17-15)8-12-6-3-5-11-4-1-2-7-14(11)12/h1-7,9-10H,8H2,(H,16,17,18). The van der Waals surface area contributed by atoms with E-state index in [0.717, 1.165) is 5.69 Å². The summed E-state index contributed by atoms with van der Waals surface area (Å²) in [7, 11) is 0. The van der Waals surface area contributed by atoms with E-state index >= 15 is 0 Å². The van der Waals surface area contributed by atoms with Crippen molar-refractivity contribution in [3.63, 3.8) is 0 Å². The lowest BCUT2D eigenvalue weighted by molar-refractivity contribution is 1.01.